The molecule has 1 aromatic heterocycles. The van der Waals surface area contributed by atoms with E-state index in [0.717, 1.165) is 54.1 Å². The first-order valence-corrected chi connectivity index (χ1v) is 11.0. The molecule has 5 heteroatoms. The maximum atomic E-state index is 14.0. The Morgan fingerprint density at radius 3 is 2.06 bits per heavy atom. The summed E-state index contributed by atoms with van der Waals surface area (Å²) in [6.45, 7) is 0. The molecule has 5 nitrogen and oxygen atoms in total. The predicted molar refractivity (Wildman–Crippen MR) is 116 cm³/mol. The van der Waals surface area contributed by atoms with Gasteiger partial charge in [-0.05, 0) is 37.1 Å². The summed E-state index contributed by atoms with van der Waals surface area (Å²) < 4.78 is 12.3. The summed E-state index contributed by atoms with van der Waals surface area (Å²) >= 11 is 0. The van der Waals surface area contributed by atoms with Gasteiger partial charge in [0.25, 0.3) is 0 Å². The third-order valence-electron chi connectivity index (χ3n) is 6.82. The first-order chi connectivity index (χ1) is 15.3. The van der Waals surface area contributed by atoms with Gasteiger partial charge < -0.3 is 14.4 Å². The van der Waals surface area contributed by atoms with Gasteiger partial charge in [-0.2, -0.15) is 0 Å². The van der Waals surface area contributed by atoms with Gasteiger partial charge in [-0.25, -0.2) is 0 Å². The Bertz CT molecular complexity index is 1060. The van der Waals surface area contributed by atoms with Crippen LogP contribution in [0.2, 0.25) is 0 Å². The van der Waals surface area contributed by atoms with Gasteiger partial charge >= 0.3 is 0 Å². The fourth-order valence-corrected chi connectivity index (χ4v) is 5.52. The van der Waals surface area contributed by atoms with Gasteiger partial charge in [-0.15, -0.1) is 0 Å². The van der Waals surface area contributed by atoms with Crippen LogP contribution in [-0.2, 0) is 4.79 Å². The Morgan fingerprint density at radius 1 is 0.871 bits per heavy atom. The number of fused-ring (bicyclic) bond motifs is 4. The Labute approximate surface area is 181 Å². The number of hydrogen-bond donors (Lipinski definition) is 0. The van der Waals surface area contributed by atoms with Crippen molar-refractivity contribution < 1.29 is 14.3 Å². The largest absolute Gasteiger partial charge is 0.490 e. The third-order valence-corrected chi connectivity index (χ3v) is 6.82. The average Bonchev–Trinajstić information content (AvgIpc) is 3.08. The van der Waals surface area contributed by atoms with Crippen molar-refractivity contribution in [2.75, 3.05) is 0 Å². The van der Waals surface area contributed by atoms with Crippen LogP contribution in [0.15, 0.2) is 73.1 Å². The summed E-state index contributed by atoms with van der Waals surface area (Å²) in [5, 5.41) is 0. The topological polar surface area (TPSA) is 51.7 Å². The lowest BCUT2D eigenvalue weighted by Gasteiger charge is -2.41. The van der Waals surface area contributed by atoms with Crippen LogP contribution in [0.3, 0.4) is 0 Å². The van der Waals surface area contributed by atoms with Crippen molar-refractivity contribution in [3.05, 3.63) is 84.2 Å². The van der Waals surface area contributed by atoms with Crippen LogP contribution >= 0.6 is 0 Å². The van der Waals surface area contributed by atoms with E-state index >= 15 is 0 Å². The molecule has 3 aliphatic rings. The summed E-state index contributed by atoms with van der Waals surface area (Å²) in [5.41, 5.74) is 1.92. The van der Waals surface area contributed by atoms with Crippen molar-refractivity contribution in [2.45, 2.75) is 49.8 Å². The zero-order valence-electron chi connectivity index (χ0n) is 17.2. The van der Waals surface area contributed by atoms with Crippen LogP contribution in [0, 0.1) is 0 Å². The molecule has 0 spiro atoms. The number of para-hydroxylation sites is 2. The molecule has 0 aliphatic carbocycles. The summed E-state index contributed by atoms with van der Waals surface area (Å²) in [5.74, 6) is 2.29. The molecular weight excluding hydrogens is 388 g/mol. The minimum absolute atomic E-state index is 0.137. The maximum Gasteiger partial charge on any atom is 0.235 e. The lowest BCUT2D eigenvalue weighted by atomic mass is 9.85. The van der Waals surface area contributed by atoms with Gasteiger partial charge in [-0.3, -0.25) is 9.78 Å². The molecule has 0 saturated carbocycles. The number of benzene rings is 2. The van der Waals surface area contributed by atoms with Crippen molar-refractivity contribution in [1.82, 2.24) is 9.88 Å². The molecule has 0 N–H and O–H groups in total. The van der Waals surface area contributed by atoms with E-state index in [4.69, 9.17) is 9.47 Å². The number of amides is 1. The van der Waals surface area contributed by atoms with E-state index in [1.807, 2.05) is 60.7 Å². The van der Waals surface area contributed by atoms with E-state index in [1.165, 1.54) is 0 Å². The van der Waals surface area contributed by atoms with Crippen molar-refractivity contribution >= 4 is 5.91 Å². The zero-order valence-corrected chi connectivity index (χ0v) is 17.2. The van der Waals surface area contributed by atoms with Gasteiger partial charge in [-0.1, -0.05) is 36.4 Å². The smallest absolute Gasteiger partial charge is 0.235 e. The highest BCUT2D eigenvalue weighted by atomic mass is 16.5. The summed E-state index contributed by atoms with van der Waals surface area (Å²) in [4.78, 5) is 20.2. The van der Waals surface area contributed by atoms with E-state index in [-0.39, 0.29) is 30.0 Å². The molecule has 156 valence electrons. The minimum atomic E-state index is -0.318. The number of carbonyl (C=O) groups is 1. The number of piperidine rings is 1. The predicted octanol–water partition coefficient (Wildman–Crippen LogP) is 4.92. The van der Waals surface area contributed by atoms with Gasteiger partial charge in [0, 0.05) is 48.4 Å². The Kier molecular flexibility index (Phi) is 4.41. The maximum absolute atomic E-state index is 14.0. The standard InChI is InChI=1S/C26H24N2O3/c29-26(25-21-5-1-3-7-23(21)31-24-8-4-2-6-22(24)25)28-17-9-10-18(28)16-20(15-17)30-19-11-13-27-14-12-19/h1-8,11-14,17-18,20,25H,9-10,15-16H2. The highest BCUT2D eigenvalue weighted by Gasteiger charge is 2.47. The van der Waals surface area contributed by atoms with Crippen LogP contribution in [0.1, 0.15) is 42.7 Å². The summed E-state index contributed by atoms with van der Waals surface area (Å²) in [6, 6.07) is 20.1. The molecule has 2 atom stereocenters. The number of rotatable bonds is 3. The Balaban J connectivity index is 1.29. The molecule has 31 heavy (non-hydrogen) atoms. The van der Waals surface area contributed by atoms with Gasteiger partial charge in [0.1, 0.15) is 23.4 Å². The lowest BCUT2D eigenvalue weighted by molar-refractivity contribution is -0.137. The molecule has 2 unspecified atom stereocenters. The molecule has 4 heterocycles. The first kappa shape index (κ1) is 18.4. The van der Waals surface area contributed by atoms with Crippen LogP contribution < -0.4 is 9.47 Å². The molecule has 2 saturated heterocycles. The molecule has 2 fully saturated rings. The zero-order chi connectivity index (χ0) is 20.8. The highest BCUT2D eigenvalue weighted by molar-refractivity contribution is 5.90. The van der Waals surface area contributed by atoms with Crippen LogP contribution in [0.25, 0.3) is 0 Å². The lowest BCUT2D eigenvalue weighted by Crippen LogP contribution is -2.51. The van der Waals surface area contributed by atoms with E-state index in [2.05, 4.69) is 9.88 Å². The quantitative estimate of drug-likeness (QED) is 0.613. The molecule has 2 aromatic carbocycles. The van der Waals surface area contributed by atoms with Gasteiger partial charge in [0.15, 0.2) is 0 Å². The van der Waals surface area contributed by atoms with E-state index < -0.39 is 0 Å². The van der Waals surface area contributed by atoms with E-state index in [0.29, 0.717) is 0 Å². The fraction of sp³-hybridized carbons (Fsp3) is 0.308. The molecule has 0 radical (unpaired) electrons. The highest BCUT2D eigenvalue weighted by Crippen LogP contribution is 2.47. The number of nitrogens with zero attached hydrogens (tertiary/aromatic N) is 2. The second kappa shape index (κ2) is 7.41. The SMILES string of the molecule is O=C(C1c2ccccc2Oc2ccccc21)N1C2CCC1CC(Oc1ccncc1)C2. The van der Waals surface area contributed by atoms with Crippen molar-refractivity contribution in [3.63, 3.8) is 0 Å². The van der Waals surface area contributed by atoms with Crippen molar-refractivity contribution in [1.29, 1.82) is 0 Å². The Morgan fingerprint density at radius 2 is 1.45 bits per heavy atom. The summed E-state index contributed by atoms with van der Waals surface area (Å²) in [7, 11) is 0. The average molecular weight is 412 g/mol. The van der Waals surface area contributed by atoms with Crippen LogP contribution in [0.4, 0.5) is 0 Å². The molecule has 1 amide bonds. The monoisotopic (exact) mass is 412 g/mol. The molecule has 6 rings (SSSR count). The van der Waals surface area contributed by atoms with Crippen LogP contribution in [0.5, 0.6) is 17.2 Å². The first-order valence-electron chi connectivity index (χ1n) is 11.0. The minimum Gasteiger partial charge on any atom is -0.490 e. The fourth-order valence-electron chi connectivity index (χ4n) is 5.52. The summed E-state index contributed by atoms with van der Waals surface area (Å²) in [6.07, 6.45) is 7.47. The Hall–Kier alpha value is -3.34. The van der Waals surface area contributed by atoms with Crippen LogP contribution in [-0.4, -0.2) is 34.0 Å². The van der Waals surface area contributed by atoms with Crippen molar-refractivity contribution in [2.24, 2.45) is 0 Å². The van der Waals surface area contributed by atoms with Crippen molar-refractivity contribution in [3.8, 4) is 17.2 Å². The molecule has 2 bridgehead atoms. The number of carbonyl (C=O) groups excluding carboxylic acids is 1. The molecule has 3 aliphatic heterocycles. The number of ether oxygens (including phenoxy) is 2. The van der Waals surface area contributed by atoms with Gasteiger partial charge in [0.05, 0.1) is 5.92 Å². The number of pyridine rings is 1. The molecular formula is C26H24N2O3. The van der Waals surface area contributed by atoms with Gasteiger partial charge in [0.2, 0.25) is 5.91 Å². The van der Waals surface area contributed by atoms with E-state index in [9.17, 15) is 4.79 Å². The molecule has 3 aromatic rings. The number of hydrogen-bond acceptors (Lipinski definition) is 4. The number of aromatic nitrogens is 1. The van der Waals surface area contributed by atoms with E-state index in [1.54, 1.807) is 12.4 Å². The third kappa shape index (κ3) is 3.16. The normalized spacial score (nSPS) is 24.1. The second-order valence-corrected chi connectivity index (χ2v) is 8.64. The second-order valence-electron chi connectivity index (χ2n) is 8.64.